The van der Waals surface area contributed by atoms with E-state index in [1.807, 2.05) is 13.0 Å². The number of para-hydroxylation sites is 1. The first-order valence-electron chi connectivity index (χ1n) is 10.7. The van der Waals surface area contributed by atoms with E-state index in [0.29, 0.717) is 23.5 Å². The summed E-state index contributed by atoms with van der Waals surface area (Å²) in [5.41, 5.74) is 6.35. The highest BCUT2D eigenvalue weighted by Gasteiger charge is 2.31. The van der Waals surface area contributed by atoms with Crippen LogP contribution in [0, 0.1) is 0 Å². The zero-order chi connectivity index (χ0) is 25.4. The van der Waals surface area contributed by atoms with E-state index in [1.54, 1.807) is 66.7 Å². The number of amides is 1. The topological polar surface area (TPSA) is 76.7 Å². The Balaban J connectivity index is 1.79. The molecule has 3 rings (SSSR count). The average Bonchev–Trinajstić information content (AvgIpc) is 2.84. The molecule has 0 aliphatic heterocycles. The van der Waals surface area contributed by atoms with Crippen LogP contribution in [0.2, 0.25) is 5.02 Å². The van der Waals surface area contributed by atoms with E-state index in [0.717, 1.165) is 17.2 Å². The second-order valence-corrected chi connectivity index (χ2v) is 7.81. The first-order valence-corrected chi connectivity index (χ1v) is 11.0. The summed E-state index contributed by atoms with van der Waals surface area (Å²) in [6.45, 7) is 2.10. The molecule has 0 radical (unpaired) electrons. The van der Waals surface area contributed by atoms with Crippen molar-refractivity contribution in [2.75, 3.05) is 13.2 Å². The lowest BCUT2D eigenvalue weighted by atomic mass is 10.0. The molecule has 0 aliphatic carbocycles. The van der Waals surface area contributed by atoms with Gasteiger partial charge in [0.1, 0.15) is 18.1 Å². The molecule has 0 spiro atoms. The Labute approximate surface area is 206 Å². The van der Waals surface area contributed by atoms with Crippen molar-refractivity contribution < 1.29 is 22.7 Å². The van der Waals surface area contributed by atoms with Crippen LogP contribution in [0.5, 0.6) is 5.75 Å². The first kappa shape index (κ1) is 25.8. The van der Waals surface area contributed by atoms with Gasteiger partial charge in [-0.15, -0.1) is 0 Å². The van der Waals surface area contributed by atoms with Gasteiger partial charge in [0.25, 0.3) is 5.91 Å². The van der Waals surface area contributed by atoms with Crippen molar-refractivity contribution in [1.29, 1.82) is 0 Å². The summed E-state index contributed by atoms with van der Waals surface area (Å²) < 4.78 is 44.6. The van der Waals surface area contributed by atoms with E-state index < -0.39 is 11.9 Å². The van der Waals surface area contributed by atoms with Gasteiger partial charge in [-0.3, -0.25) is 4.79 Å². The molecule has 0 bridgehead atoms. The fourth-order valence-corrected chi connectivity index (χ4v) is 3.25. The summed E-state index contributed by atoms with van der Waals surface area (Å²) in [5, 5.41) is 3.04. The third-order valence-corrected chi connectivity index (χ3v) is 5.12. The van der Waals surface area contributed by atoms with E-state index in [2.05, 4.69) is 10.3 Å². The third-order valence-electron chi connectivity index (χ3n) is 4.80. The largest absolute Gasteiger partial charge is 0.487 e. The van der Waals surface area contributed by atoms with E-state index in [9.17, 15) is 18.0 Å². The highest BCUT2D eigenvalue weighted by Crippen LogP contribution is 2.27. The van der Waals surface area contributed by atoms with Crippen LogP contribution >= 0.6 is 11.6 Å². The van der Waals surface area contributed by atoms with E-state index >= 15 is 0 Å². The first-order chi connectivity index (χ1) is 16.7. The number of halogens is 4. The number of rotatable bonds is 8. The Morgan fingerprint density at radius 1 is 1.06 bits per heavy atom. The molecule has 1 amide bonds. The number of alkyl halides is 3. The van der Waals surface area contributed by atoms with Gasteiger partial charge in [0.05, 0.1) is 16.4 Å². The van der Waals surface area contributed by atoms with Gasteiger partial charge in [-0.05, 0) is 60.5 Å². The number of carbonyl (C=O) groups excluding carboxylic acids is 1. The Bertz CT molecular complexity index is 1240. The third kappa shape index (κ3) is 7.35. The number of ether oxygens (including phenoxy) is 1. The smallest absolute Gasteiger partial charge is 0.430 e. The van der Waals surface area contributed by atoms with Crippen molar-refractivity contribution in [2.45, 2.75) is 13.1 Å². The molecule has 0 atom stereocenters. The number of allylic oxidation sites excluding steroid dienone is 1. The van der Waals surface area contributed by atoms with Crippen LogP contribution in [-0.2, 0) is 0 Å². The van der Waals surface area contributed by atoms with Crippen LogP contribution in [0.15, 0.2) is 89.6 Å². The maximum absolute atomic E-state index is 13.0. The number of hydrogen-bond acceptors (Lipinski definition) is 4. The minimum Gasteiger partial charge on any atom is -0.487 e. The number of benzene rings is 3. The maximum atomic E-state index is 13.0. The lowest BCUT2D eigenvalue weighted by molar-refractivity contribution is -0.0925. The van der Waals surface area contributed by atoms with Crippen LogP contribution in [0.3, 0.4) is 0 Å². The molecular formula is C26H23ClF3N3O2. The highest BCUT2D eigenvalue weighted by molar-refractivity contribution is 6.33. The van der Waals surface area contributed by atoms with E-state index in [4.69, 9.17) is 22.1 Å². The quantitative estimate of drug-likeness (QED) is 0.355. The van der Waals surface area contributed by atoms with Crippen molar-refractivity contribution in [3.05, 3.63) is 95.2 Å². The predicted molar refractivity (Wildman–Crippen MR) is 132 cm³/mol. The maximum Gasteiger partial charge on any atom is 0.430 e. The lowest BCUT2D eigenvalue weighted by Crippen LogP contribution is -2.22. The van der Waals surface area contributed by atoms with Crippen molar-refractivity contribution >= 4 is 28.9 Å². The number of carbonyl (C=O) groups is 1. The van der Waals surface area contributed by atoms with Crippen LogP contribution in [0.25, 0.3) is 11.1 Å². The predicted octanol–water partition coefficient (Wildman–Crippen LogP) is 6.31. The van der Waals surface area contributed by atoms with Crippen LogP contribution in [-0.4, -0.2) is 30.9 Å². The van der Waals surface area contributed by atoms with Crippen LogP contribution in [0.1, 0.15) is 17.3 Å². The molecule has 3 aromatic carbocycles. The zero-order valence-electron chi connectivity index (χ0n) is 18.8. The molecule has 0 saturated heterocycles. The molecule has 0 unspecified atom stereocenters. The summed E-state index contributed by atoms with van der Waals surface area (Å²) in [6.07, 6.45) is -3.98. The van der Waals surface area contributed by atoms with Gasteiger partial charge in [-0.1, -0.05) is 48.0 Å². The molecule has 35 heavy (non-hydrogen) atoms. The van der Waals surface area contributed by atoms with Crippen molar-refractivity contribution in [3.63, 3.8) is 0 Å². The summed E-state index contributed by atoms with van der Waals surface area (Å²) in [7, 11) is 0. The molecule has 0 fully saturated rings. The molecule has 5 nitrogen and oxygen atoms in total. The van der Waals surface area contributed by atoms with Crippen molar-refractivity contribution in [3.8, 4) is 16.9 Å². The van der Waals surface area contributed by atoms with Crippen molar-refractivity contribution in [2.24, 2.45) is 10.7 Å². The Hall–Kier alpha value is -3.78. The molecule has 9 heteroatoms. The van der Waals surface area contributed by atoms with Gasteiger partial charge < -0.3 is 15.8 Å². The number of hydrogen-bond donors (Lipinski definition) is 2. The normalized spacial score (nSPS) is 12.4. The Kier molecular flexibility index (Phi) is 8.54. The average molecular weight is 502 g/mol. The molecule has 182 valence electrons. The second kappa shape index (κ2) is 11.6. The number of nitrogens with one attached hydrogen (secondary N) is 1. The zero-order valence-corrected chi connectivity index (χ0v) is 19.5. The molecular weight excluding hydrogens is 479 g/mol. The molecule has 3 aromatic rings. The van der Waals surface area contributed by atoms with Gasteiger partial charge in [0.15, 0.2) is 0 Å². The van der Waals surface area contributed by atoms with Crippen LogP contribution in [0.4, 0.5) is 18.9 Å². The summed E-state index contributed by atoms with van der Waals surface area (Å²) in [5.74, 6) is 0.255. The highest BCUT2D eigenvalue weighted by atomic mass is 35.5. The summed E-state index contributed by atoms with van der Waals surface area (Å²) in [6, 6.07) is 20.6. The van der Waals surface area contributed by atoms with Gasteiger partial charge in [0.2, 0.25) is 0 Å². The van der Waals surface area contributed by atoms with Gasteiger partial charge in [-0.25, -0.2) is 4.99 Å². The van der Waals surface area contributed by atoms with Gasteiger partial charge in [-0.2, -0.15) is 13.2 Å². The second-order valence-electron chi connectivity index (χ2n) is 7.41. The van der Waals surface area contributed by atoms with Crippen LogP contribution < -0.4 is 15.8 Å². The SMILES string of the molecule is CCNC(=O)c1cccc(-c2ccc(OCC(C=C(N)C(F)(F)F)=Nc3ccccc3Cl)cc2)c1. The van der Waals surface area contributed by atoms with E-state index in [-0.39, 0.29) is 23.2 Å². The number of aliphatic imine (C=N–C) groups is 1. The molecule has 0 heterocycles. The minimum atomic E-state index is -4.70. The number of nitrogens with zero attached hydrogens (tertiary/aromatic N) is 1. The summed E-state index contributed by atoms with van der Waals surface area (Å²) in [4.78, 5) is 16.3. The molecule has 0 aliphatic rings. The standard InChI is InChI=1S/C26H23ClF3N3O2/c1-2-32-25(34)19-7-5-6-18(14-19)17-10-12-21(13-11-17)35-16-20(15-24(31)26(28,29)30)33-23-9-4-3-8-22(23)27/h3-15H,2,16,31H2,1H3,(H,32,34). The Morgan fingerprint density at radius 2 is 1.77 bits per heavy atom. The van der Waals surface area contributed by atoms with Crippen molar-refractivity contribution in [1.82, 2.24) is 5.32 Å². The molecule has 3 N–H and O–H groups in total. The molecule has 0 aromatic heterocycles. The van der Waals surface area contributed by atoms with Gasteiger partial charge in [0, 0.05) is 12.1 Å². The summed E-state index contributed by atoms with van der Waals surface area (Å²) >= 11 is 6.09. The van der Waals surface area contributed by atoms with E-state index in [1.165, 1.54) is 0 Å². The van der Waals surface area contributed by atoms with Gasteiger partial charge >= 0.3 is 6.18 Å². The number of nitrogens with two attached hydrogens (primary N) is 1. The lowest BCUT2D eigenvalue weighted by Gasteiger charge is -2.11. The monoisotopic (exact) mass is 501 g/mol. The Morgan fingerprint density at radius 3 is 2.43 bits per heavy atom. The fourth-order valence-electron chi connectivity index (χ4n) is 3.07. The minimum absolute atomic E-state index is 0.0494. The fraction of sp³-hybridized carbons (Fsp3) is 0.154. The molecule has 0 saturated carbocycles.